The summed E-state index contributed by atoms with van der Waals surface area (Å²) in [5.41, 5.74) is 4.81. The van der Waals surface area contributed by atoms with Gasteiger partial charge >= 0.3 is 0 Å². The molecule has 0 saturated carbocycles. The summed E-state index contributed by atoms with van der Waals surface area (Å²) in [6, 6.07) is 9.66. The highest BCUT2D eigenvalue weighted by Gasteiger charge is 2.09. The fourth-order valence-corrected chi connectivity index (χ4v) is 2.96. The second-order valence-electron chi connectivity index (χ2n) is 5.87. The molecule has 0 aromatic heterocycles. The van der Waals surface area contributed by atoms with E-state index >= 15 is 0 Å². The fourth-order valence-electron chi connectivity index (χ4n) is 2.57. The summed E-state index contributed by atoms with van der Waals surface area (Å²) in [5.74, 6) is 0.576. The van der Waals surface area contributed by atoms with E-state index in [1.807, 2.05) is 45.0 Å². The number of nitrogens with one attached hydrogen (secondary N) is 2. The third-order valence-corrected chi connectivity index (χ3v) is 4.01. The van der Waals surface area contributed by atoms with Gasteiger partial charge in [-0.15, -0.1) is 0 Å². The molecule has 0 aliphatic rings. The van der Waals surface area contributed by atoms with Gasteiger partial charge in [-0.2, -0.15) is 0 Å². The first kappa shape index (κ1) is 18.1. The van der Waals surface area contributed by atoms with Crippen LogP contribution in [-0.2, 0) is 4.79 Å². The largest absolute Gasteiger partial charge is 0.495 e. The van der Waals surface area contributed by atoms with Crippen LogP contribution in [0.2, 0.25) is 5.02 Å². The lowest BCUT2D eigenvalue weighted by Gasteiger charge is -2.14. The molecule has 0 atom stereocenters. The molecule has 24 heavy (non-hydrogen) atoms. The number of hydrogen-bond acceptors (Lipinski definition) is 3. The van der Waals surface area contributed by atoms with E-state index in [0.717, 1.165) is 22.4 Å². The Morgan fingerprint density at radius 2 is 1.88 bits per heavy atom. The molecule has 4 nitrogen and oxygen atoms in total. The minimum atomic E-state index is -0.0766. The van der Waals surface area contributed by atoms with Gasteiger partial charge in [-0.05, 0) is 55.7 Å². The van der Waals surface area contributed by atoms with Gasteiger partial charge in [0.25, 0.3) is 0 Å². The Balaban J connectivity index is 1.94. The second kappa shape index (κ2) is 8.06. The van der Waals surface area contributed by atoms with Crippen molar-refractivity contribution < 1.29 is 9.53 Å². The smallest absolute Gasteiger partial charge is 0.226 e. The Kier molecular flexibility index (Phi) is 6.10. The average molecular weight is 347 g/mol. The standard InChI is InChI=1S/C19H23ClN2O2/c1-12-5-6-17(24-4)16(11-12)22-18(23)7-8-21-19-14(3)9-13(2)10-15(19)20/h5-6,9-11,21H,7-8H2,1-4H3,(H,22,23). The van der Waals surface area contributed by atoms with Crippen molar-refractivity contribution in [2.24, 2.45) is 0 Å². The molecule has 0 heterocycles. The van der Waals surface area contributed by atoms with Crippen LogP contribution in [0.4, 0.5) is 11.4 Å². The lowest BCUT2D eigenvalue weighted by molar-refractivity contribution is -0.116. The molecule has 0 aliphatic heterocycles. The van der Waals surface area contributed by atoms with Crippen molar-refractivity contribution in [3.63, 3.8) is 0 Å². The first-order chi connectivity index (χ1) is 11.4. The number of benzene rings is 2. The van der Waals surface area contributed by atoms with Crippen LogP contribution in [0.25, 0.3) is 0 Å². The molecule has 1 amide bonds. The van der Waals surface area contributed by atoms with E-state index in [1.54, 1.807) is 7.11 Å². The monoisotopic (exact) mass is 346 g/mol. The number of carbonyl (C=O) groups is 1. The molecular formula is C19H23ClN2O2. The van der Waals surface area contributed by atoms with Gasteiger partial charge in [0, 0.05) is 13.0 Å². The topological polar surface area (TPSA) is 50.4 Å². The minimum absolute atomic E-state index is 0.0766. The zero-order valence-electron chi connectivity index (χ0n) is 14.5. The predicted octanol–water partition coefficient (Wildman–Crippen LogP) is 4.71. The molecule has 5 heteroatoms. The number of rotatable bonds is 6. The van der Waals surface area contributed by atoms with Crippen LogP contribution >= 0.6 is 11.6 Å². The van der Waals surface area contributed by atoms with Crippen molar-refractivity contribution in [2.75, 3.05) is 24.3 Å². The zero-order valence-corrected chi connectivity index (χ0v) is 15.3. The van der Waals surface area contributed by atoms with Crippen molar-refractivity contribution in [1.29, 1.82) is 0 Å². The van der Waals surface area contributed by atoms with Crippen LogP contribution in [0.15, 0.2) is 30.3 Å². The van der Waals surface area contributed by atoms with Crippen LogP contribution in [0.3, 0.4) is 0 Å². The van der Waals surface area contributed by atoms with E-state index in [0.29, 0.717) is 29.4 Å². The maximum Gasteiger partial charge on any atom is 0.226 e. The fraction of sp³-hybridized carbons (Fsp3) is 0.316. The van der Waals surface area contributed by atoms with Gasteiger partial charge in [-0.1, -0.05) is 23.7 Å². The predicted molar refractivity (Wildman–Crippen MR) is 100 cm³/mol. The van der Waals surface area contributed by atoms with E-state index in [-0.39, 0.29) is 5.91 Å². The molecule has 2 aromatic carbocycles. The van der Waals surface area contributed by atoms with Crippen molar-refractivity contribution >= 4 is 28.9 Å². The highest BCUT2D eigenvalue weighted by Crippen LogP contribution is 2.27. The number of hydrogen-bond donors (Lipinski definition) is 2. The molecule has 2 aromatic rings. The summed E-state index contributed by atoms with van der Waals surface area (Å²) in [7, 11) is 1.59. The number of carbonyl (C=O) groups excluding carboxylic acids is 1. The Hall–Kier alpha value is -2.20. The average Bonchev–Trinajstić information content (AvgIpc) is 2.50. The minimum Gasteiger partial charge on any atom is -0.495 e. The van der Waals surface area contributed by atoms with Crippen molar-refractivity contribution in [3.8, 4) is 5.75 Å². The number of aryl methyl sites for hydroxylation is 3. The maximum absolute atomic E-state index is 12.2. The van der Waals surface area contributed by atoms with Crippen LogP contribution in [-0.4, -0.2) is 19.6 Å². The summed E-state index contributed by atoms with van der Waals surface area (Å²) >= 11 is 6.26. The highest BCUT2D eigenvalue weighted by atomic mass is 35.5. The first-order valence-electron chi connectivity index (χ1n) is 7.86. The van der Waals surface area contributed by atoms with Crippen LogP contribution in [0, 0.1) is 20.8 Å². The molecule has 0 aliphatic carbocycles. The number of anilines is 2. The van der Waals surface area contributed by atoms with Crippen LogP contribution in [0.1, 0.15) is 23.1 Å². The summed E-state index contributed by atoms with van der Waals surface area (Å²) in [6.45, 7) is 6.48. The van der Waals surface area contributed by atoms with E-state index < -0.39 is 0 Å². The van der Waals surface area contributed by atoms with Crippen LogP contribution < -0.4 is 15.4 Å². The Morgan fingerprint density at radius 1 is 1.12 bits per heavy atom. The molecular weight excluding hydrogens is 324 g/mol. The Bertz CT molecular complexity index is 721. The summed E-state index contributed by atoms with van der Waals surface area (Å²) in [6.07, 6.45) is 0.334. The number of methoxy groups -OCH3 is 1. The van der Waals surface area contributed by atoms with Crippen molar-refractivity contribution in [1.82, 2.24) is 0 Å². The Morgan fingerprint density at radius 3 is 2.54 bits per heavy atom. The highest BCUT2D eigenvalue weighted by molar-refractivity contribution is 6.33. The zero-order chi connectivity index (χ0) is 17.7. The maximum atomic E-state index is 12.2. The van der Waals surface area contributed by atoms with Gasteiger partial charge in [0.2, 0.25) is 5.91 Å². The molecule has 0 spiro atoms. The quantitative estimate of drug-likeness (QED) is 0.796. The summed E-state index contributed by atoms with van der Waals surface area (Å²) in [4.78, 5) is 12.2. The molecule has 0 saturated heterocycles. The first-order valence-corrected chi connectivity index (χ1v) is 8.23. The summed E-state index contributed by atoms with van der Waals surface area (Å²) < 4.78 is 5.27. The van der Waals surface area contributed by atoms with E-state index in [1.165, 1.54) is 0 Å². The molecule has 2 rings (SSSR count). The lowest BCUT2D eigenvalue weighted by atomic mass is 10.1. The molecule has 128 valence electrons. The number of ether oxygens (including phenoxy) is 1. The lowest BCUT2D eigenvalue weighted by Crippen LogP contribution is -2.17. The Labute approximate surface area is 148 Å². The third kappa shape index (κ3) is 4.65. The molecule has 0 fully saturated rings. The van der Waals surface area contributed by atoms with Crippen molar-refractivity contribution in [2.45, 2.75) is 27.2 Å². The number of halogens is 1. The van der Waals surface area contributed by atoms with Gasteiger partial charge < -0.3 is 15.4 Å². The van der Waals surface area contributed by atoms with Gasteiger partial charge in [-0.25, -0.2) is 0 Å². The van der Waals surface area contributed by atoms with Crippen LogP contribution in [0.5, 0.6) is 5.75 Å². The van der Waals surface area contributed by atoms with Gasteiger partial charge in [-0.3, -0.25) is 4.79 Å². The van der Waals surface area contributed by atoms with Gasteiger partial charge in [0.15, 0.2) is 0 Å². The van der Waals surface area contributed by atoms with Gasteiger partial charge in [0.1, 0.15) is 5.75 Å². The third-order valence-electron chi connectivity index (χ3n) is 3.71. The molecule has 0 bridgehead atoms. The van der Waals surface area contributed by atoms with Gasteiger partial charge in [0.05, 0.1) is 23.5 Å². The SMILES string of the molecule is COc1ccc(C)cc1NC(=O)CCNc1c(C)cc(C)cc1Cl. The normalized spacial score (nSPS) is 10.4. The summed E-state index contributed by atoms with van der Waals surface area (Å²) in [5, 5.41) is 6.81. The van der Waals surface area contributed by atoms with E-state index in [2.05, 4.69) is 16.7 Å². The molecule has 0 unspecified atom stereocenters. The van der Waals surface area contributed by atoms with Crippen molar-refractivity contribution in [3.05, 3.63) is 52.0 Å². The number of amides is 1. The second-order valence-corrected chi connectivity index (χ2v) is 6.27. The van der Waals surface area contributed by atoms with E-state index in [9.17, 15) is 4.79 Å². The van der Waals surface area contributed by atoms with E-state index in [4.69, 9.17) is 16.3 Å². The molecule has 2 N–H and O–H groups in total. The molecule has 0 radical (unpaired) electrons.